The van der Waals surface area contributed by atoms with E-state index in [9.17, 15) is 0 Å². The Kier molecular flexibility index (Phi) is 8.38. The molecule has 7 aromatic rings. The van der Waals surface area contributed by atoms with Gasteiger partial charge in [-0.1, -0.05) is 103 Å². The molecule has 0 saturated carbocycles. The van der Waals surface area contributed by atoms with Gasteiger partial charge in [0.25, 0.3) is 0 Å². The molecule has 0 amide bonds. The van der Waals surface area contributed by atoms with Crippen molar-refractivity contribution in [1.29, 1.82) is 0 Å². The van der Waals surface area contributed by atoms with Crippen LogP contribution < -0.4 is 9.80 Å². The molecule has 0 unspecified atom stereocenters. The summed E-state index contributed by atoms with van der Waals surface area (Å²) >= 11 is 0. The van der Waals surface area contributed by atoms with E-state index in [-0.39, 0.29) is 0 Å². The first-order chi connectivity index (χ1) is 24.3. The molecule has 6 aromatic carbocycles. The third kappa shape index (κ3) is 6.30. The number of aromatic nitrogens is 2. The van der Waals surface area contributed by atoms with Gasteiger partial charge in [-0.05, 0) is 103 Å². The Labute approximate surface area is 286 Å². The van der Waals surface area contributed by atoms with Gasteiger partial charge in [-0.3, -0.25) is 0 Å². The summed E-state index contributed by atoms with van der Waals surface area (Å²) in [6.45, 7) is 0. The van der Waals surface area contributed by atoms with Crippen LogP contribution in [0, 0.1) is 0 Å². The Morgan fingerprint density at radius 2 is 0.776 bits per heavy atom. The van der Waals surface area contributed by atoms with Gasteiger partial charge in [-0.15, -0.1) is 10.2 Å². The lowest BCUT2D eigenvalue weighted by molar-refractivity contribution is 0.585. The zero-order valence-corrected chi connectivity index (χ0v) is 26.9. The fraction of sp³-hybridized carbons (Fsp3) is 0.0455. The topological polar surface area (TPSA) is 45.4 Å². The fourth-order valence-electron chi connectivity index (χ4n) is 6.42. The summed E-state index contributed by atoms with van der Waals surface area (Å²) in [6, 6.07) is 58.5. The molecule has 236 valence electrons. The third-order valence-corrected chi connectivity index (χ3v) is 8.76. The van der Waals surface area contributed by atoms with Crippen LogP contribution in [-0.2, 0) is 0 Å². The molecule has 8 rings (SSSR count). The molecule has 1 aromatic heterocycles. The fourth-order valence-corrected chi connectivity index (χ4v) is 6.42. The molecule has 0 saturated heterocycles. The molecule has 5 nitrogen and oxygen atoms in total. The number of rotatable bonds is 9. The number of allylic oxidation sites excluding steroid dienone is 4. The minimum atomic E-state index is 0.488. The summed E-state index contributed by atoms with van der Waals surface area (Å²) in [5, 5.41) is 8.89. The number of anilines is 4. The SMILES string of the molecule is C1=C(N(c2ccccc2)c2ccccc2)CCC(N(c2ccccc2)c2ccc(-c3nnc(-c4ccccc4-c4ccccc4)o3)cc2)=C1. The van der Waals surface area contributed by atoms with Gasteiger partial charge in [0.15, 0.2) is 0 Å². The molecule has 0 spiro atoms. The molecule has 0 atom stereocenters. The second-order valence-corrected chi connectivity index (χ2v) is 11.9. The summed E-state index contributed by atoms with van der Waals surface area (Å²) in [4.78, 5) is 4.69. The zero-order chi connectivity index (χ0) is 32.8. The predicted molar refractivity (Wildman–Crippen MR) is 200 cm³/mol. The van der Waals surface area contributed by atoms with Gasteiger partial charge in [0.2, 0.25) is 11.8 Å². The maximum absolute atomic E-state index is 6.27. The van der Waals surface area contributed by atoms with Gasteiger partial charge in [0, 0.05) is 45.3 Å². The molecule has 0 fully saturated rings. The van der Waals surface area contributed by atoms with E-state index in [1.807, 2.05) is 36.4 Å². The summed E-state index contributed by atoms with van der Waals surface area (Å²) in [5.41, 5.74) is 10.9. The van der Waals surface area contributed by atoms with Crippen LogP contribution in [0.2, 0.25) is 0 Å². The Hall–Kier alpha value is -6.46. The quantitative estimate of drug-likeness (QED) is 0.158. The van der Waals surface area contributed by atoms with Crippen LogP contribution in [0.1, 0.15) is 12.8 Å². The predicted octanol–water partition coefficient (Wildman–Crippen LogP) is 11.6. The number of benzene rings is 6. The van der Waals surface area contributed by atoms with Gasteiger partial charge >= 0.3 is 0 Å². The van der Waals surface area contributed by atoms with Crippen molar-refractivity contribution in [2.24, 2.45) is 0 Å². The Balaban J connectivity index is 1.10. The molecule has 0 bridgehead atoms. The standard InChI is InChI=1S/C44H34N4O/c1-5-15-33(16-6-1)41-23-13-14-24-42(41)44-46-45-43(49-44)34-25-27-38(28-26-34)48(37-21-11-4-12-22-37)40-31-29-39(30-32-40)47(35-17-7-2-8-18-35)36-19-9-3-10-20-36/h1-29,31H,30,32H2. The van der Waals surface area contributed by atoms with Gasteiger partial charge in [0.1, 0.15) is 0 Å². The third-order valence-electron chi connectivity index (χ3n) is 8.76. The lowest BCUT2D eigenvalue weighted by atomic mass is 10.00. The molecule has 1 heterocycles. The van der Waals surface area contributed by atoms with Crippen LogP contribution in [-0.4, -0.2) is 10.2 Å². The van der Waals surface area contributed by atoms with Crippen LogP contribution in [0.3, 0.4) is 0 Å². The highest BCUT2D eigenvalue weighted by Crippen LogP contribution is 2.39. The average Bonchev–Trinajstić information content (AvgIpc) is 3.68. The van der Waals surface area contributed by atoms with Gasteiger partial charge < -0.3 is 14.2 Å². The highest BCUT2D eigenvalue weighted by molar-refractivity contribution is 5.80. The molecule has 0 aliphatic heterocycles. The van der Waals surface area contributed by atoms with Crippen molar-refractivity contribution in [1.82, 2.24) is 10.2 Å². The lowest BCUT2D eigenvalue weighted by Crippen LogP contribution is -2.22. The van der Waals surface area contributed by atoms with Crippen LogP contribution in [0.25, 0.3) is 34.0 Å². The number of hydrogen-bond acceptors (Lipinski definition) is 5. The van der Waals surface area contributed by atoms with Gasteiger partial charge in [0.05, 0.1) is 0 Å². The van der Waals surface area contributed by atoms with E-state index in [1.54, 1.807) is 0 Å². The lowest BCUT2D eigenvalue weighted by Gasteiger charge is -2.33. The summed E-state index contributed by atoms with van der Waals surface area (Å²) < 4.78 is 6.27. The Morgan fingerprint density at radius 1 is 0.367 bits per heavy atom. The number of nitrogens with zero attached hydrogens (tertiary/aromatic N) is 4. The van der Waals surface area contributed by atoms with Gasteiger partial charge in [-0.2, -0.15) is 0 Å². The molecule has 0 radical (unpaired) electrons. The van der Waals surface area contributed by atoms with Crippen LogP contribution in [0.5, 0.6) is 0 Å². The molecule has 49 heavy (non-hydrogen) atoms. The maximum atomic E-state index is 6.27. The second-order valence-electron chi connectivity index (χ2n) is 11.9. The van der Waals surface area contributed by atoms with E-state index in [0.717, 1.165) is 57.8 Å². The van der Waals surface area contributed by atoms with E-state index < -0.39 is 0 Å². The van der Waals surface area contributed by atoms with E-state index in [2.05, 4.69) is 166 Å². The summed E-state index contributed by atoms with van der Waals surface area (Å²) in [5.74, 6) is 0.987. The largest absolute Gasteiger partial charge is 0.416 e. The molecule has 1 aliphatic rings. The minimum Gasteiger partial charge on any atom is -0.416 e. The highest BCUT2D eigenvalue weighted by Gasteiger charge is 2.22. The van der Waals surface area contributed by atoms with Crippen molar-refractivity contribution in [3.63, 3.8) is 0 Å². The summed E-state index contributed by atoms with van der Waals surface area (Å²) in [6.07, 6.45) is 6.29. The molecule has 0 N–H and O–H groups in total. The van der Waals surface area contributed by atoms with Crippen LogP contribution in [0.4, 0.5) is 22.7 Å². The number of hydrogen-bond donors (Lipinski definition) is 0. The minimum absolute atomic E-state index is 0.488. The Bertz CT molecular complexity index is 2170. The van der Waals surface area contributed by atoms with Crippen molar-refractivity contribution in [3.05, 3.63) is 193 Å². The van der Waals surface area contributed by atoms with Crippen molar-refractivity contribution in [3.8, 4) is 34.0 Å². The molecular weight excluding hydrogens is 601 g/mol. The first-order valence-electron chi connectivity index (χ1n) is 16.6. The van der Waals surface area contributed by atoms with Crippen molar-refractivity contribution in [2.45, 2.75) is 12.8 Å². The van der Waals surface area contributed by atoms with Crippen molar-refractivity contribution >= 4 is 22.7 Å². The Morgan fingerprint density at radius 3 is 1.27 bits per heavy atom. The molecular formula is C44H34N4O. The second kappa shape index (κ2) is 13.7. The number of para-hydroxylation sites is 3. The van der Waals surface area contributed by atoms with E-state index >= 15 is 0 Å². The van der Waals surface area contributed by atoms with Crippen molar-refractivity contribution < 1.29 is 4.42 Å². The summed E-state index contributed by atoms with van der Waals surface area (Å²) in [7, 11) is 0. The zero-order valence-electron chi connectivity index (χ0n) is 26.9. The smallest absolute Gasteiger partial charge is 0.248 e. The van der Waals surface area contributed by atoms with Crippen LogP contribution >= 0.6 is 0 Å². The maximum Gasteiger partial charge on any atom is 0.248 e. The first kappa shape index (κ1) is 29.9. The van der Waals surface area contributed by atoms with Crippen molar-refractivity contribution in [2.75, 3.05) is 9.80 Å². The highest BCUT2D eigenvalue weighted by atomic mass is 16.4. The van der Waals surface area contributed by atoms with E-state index in [4.69, 9.17) is 4.42 Å². The van der Waals surface area contributed by atoms with E-state index in [1.165, 1.54) is 11.4 Å². The monoisotopic (exact) mass is 634 g/mol. The van der Waals surface area contributed by atoms with Crippen LogP contribution in [0.15, 0.2) is 198 Å². The van der Waals surface area contributed by atoms with E-state index in [0.29, 0.717) is 11.8 Å². The average molecular weight is 635 g/mol. The normalized spacial score (nSPS) is 12.6. The first-order valence-corrected chi connectivity index (χ1v) is 16.6. The van der Waals surface area contributed by atoms with Gasteiger partial charge in [-0.25, -0.2) is 0 Å². The molecule has 1 aliphatic carbocycles. The molecule has 5 heteroatoms.